The highest BCUT2D eigenvalue weighted by Gasteiger charge is 2.43. The van der Waals surface area contributed by atoms with Crippen molar-refractivity contribution >= 4 is 28.7 Å². The monoisotopic (exact) mass is 1120 g/mol. The number of aromatic amines is 1. The van der Waals surface area contributed by atoms with Gasteiger partial charge in [0, 0.05) is 81.4 Å². The average Bonchev–Trinajstić information content (AvgIpc) is 2.73. The van der Waals surface area contributed by atoms with Crippen LogP contribution in [0, 0.1) is 0 Å². The molecule has 1 saturated heterocycles. The Balaban J connectivity index is 0.000000145. The van der Waals surface area contributed by atoms with Crippen LogP contribution in [0.25, 0.3) is 11.0 Å². The number of rotatable bonds is 12. The summed E-state index contributed by atoms with van der Waals surface area (Å²) in [5, 5.41) is 27.9. The molecule has 11 aromatic rings. The number of carbonyl (C=O) groups excluding carboxylic acids is 3. The Hall–Kier alpha value is -9.99. The average molecular weight is 1120 g/mol. The van der Waals surface area contributed by atoms with Crippen LogP contribution < -0.4 is 10.6 Å². The van der Waals surface area contributed by atoms with Crippen LogP contribution in [0.15, 0.2) is 229 Å². The van der Waals surface area contributed by atoms with Gasteiger partial charge in [-0.05, 0) is 71.4 Å². The van der Waals surface area contributed by atoms with Crippen LogP contribution in [0.1, 0.15) is 106 Å². The van der Waals surface area contributed by atoms with E-state index >= 15 is 0 Å². The molecule has 0 aliphatic carbocycles. The summed E-state index contributed by atoms with van der Waals surface area (Å²) in [7, 11) is 0. The number of aromatic nitrogens is 7. The standard InChI is InChI=1S/C39H37N5O2.C25H21N3O.C6H7N3O/c45-38-34-28-44(39(30-12-4-1-5-13-30,31-14-6-2-7-15-31)32-16-8-3-9-17-32)40-35(34)22-25-43(38)27-26-42-23-20-29(21-24-42)37-33-18-10-11-19-36(33)46-41-37;29-24-22-18-28(27-23(22)16-17-26-24)25(19-10-4-1-5-11-19,20-12-6-2-7-13-20)21-14-8-3-9-15-21;10-6-4-3-8-9-5(4)1-2-7-6/h1-19,28-29H,20-27H2;1-15,18H,16-17H2,(H,26,29);3H,1-2H2,(H,7,10)(H,8,9). The molecule has 4 aliphatic heterocycles. The van der Waals surface area contributed by atoms with E-state index in [9.17, 15) is 14.4 Å². The van der Waals surface area contributed by atoms with Crippen molar-refractivity contribution in [3.63, 3.8) is 0 Å². The molecule has 3 amide bonds. The highest BCUT2D eigenvalue weighted by molar-refractivity contribution is 5.97. The number of likely N-dealkylation sites (tertiary alicyclic amines) is 1. The third-order valence-electron chi connectivity index (χ3n) is 17.1. The number of H-pyrrole nitrogens is 1. The van der Waals surface area contributed by atoms with Crippen LogP contribution in [0.3, 0.4) is 0 Å². The van der Waals surface area contributed by atoms with Crippen molar-refractivity contribution in [1.82, 2.24) is 55.3 Å². The van der Waals surface area contributed by atoms with Gasteiger partial charge in [0.25, 0.3) is 17.7 Å². The molecular weight excluding hydrogens is 1060 g/mol. The van der Waals surface area contributed by atoms with Gasteiger partial charge in [0.1, 0.15) is 11.1 Å². The predicted octanol–water partition coefficient (Wildman–Crippen LogP) is 10.4. The largest absolute Gasteiger partial charge is 0.356 e. The minimum atomic E-state index is -0.730. The van der Waals surface area contributed by atoms with E-state index in [1.54, 1.807) is 6.20 Å². The Morgan fingerprint density at radius 2 is 0.929 bits per heavy atom. The smallest absolute Gasteiger partial charge is 0.257 e. The van der Waals surface area contributed by atoms with Gasteiger partial charge in [-0.25, -0.2) is 0 Å². The summed E-state index contributed by atoms with van der Waals surface area (Å²) >= 11 is 0. The highest BCUT2D eigenvalue weighted by atomic mass is 16.5. The van der Waals surface area contributed by atoms with E-state index in [2.05, 4.69) is 146 Å². The fraction of sp³-hybridized carbons (Fsp3) is 0.214. The Kier molecular flexibility index (Phi) is 15.4. The van der Waals surface area contributed by atoms with Gasteiger partial charge >= 0.3 is 0 Å². The molecule has 0 bridgehead atoms. The molecule has 4 aromatic heterocycles. The number of hydrogen-bond acceptors (Lipinski definition) is 9. The van der Waals surface area contributed by atoms with E-state index in [4.69, 9.17) is 14.7 Å². The Morgan fingerprint density at radius 3 is 1.42 bits per heavy atom. The number of benzene rings is 7. The molecule has 4 aliphatic rings. The van der Waals surface area contributed by atoms with E-state index in [1.165, 1.54) is 0 Å². The molecule has 0 spiro atoms. The van der Waals surface area contributed by atoms with Crippen molar-refractivity contribution < 1.29 is 18.9 Å². The van der Waals surface area contributed by atoms with Crippen molar-refractivity contribution in [1.29, 1.82) is 0 Å². The van der Waals surface area contributed by atoms with Crippen LogP contribution in [0.2, 0.25) is 0 Å². The van der Waals surface area contributed by atoms with E-state index in [1.807, 2.05) is 118 Å². The van der Waals surface area contributed by atoms with Gasteiger partial charge in [-0.3, -0.25) is 28.8 Å². The van der Waals surface area contributed by atoms with Crippen LogP contribution >= 0.6 is 0 Å². The van der Waals surface area contributed by atoms with Gasteiger partial charge in [0.15, 0.2) is 5.58 Å². The number of carbonyl (C=O) groups is 3. The molecule has 1 fully saturated rings. The van der Waals surface area contributed by atoms with E-state index in [0.29, 0.717) is 48.8 Å². The van der Waals surface area contributed by atoms with Gasteiger partial charge < -0.3 is 25.0 Å². The van der Waals surface area contributed by atoms with E-state index < -0.39 is 11.1 Å². The lowest BCUT2D eigenvalue weighted by atomic mass is 9.77. The first-order valence-electron chi connectivity index (χ1n) is 29.4. The van der Waals surface area contributed by atoms with Crippen molar-refractivity contribution in [2.45, 2.75) is 49.1 Å². The zero-order chi connectivity index (χ0) is 57.6. The molecule has 424 valence electrons. The number of nitrogens with zero attached hydrogens (tertiary/aromatic N) is 8. The third kappa shape index (κ3) is 10.4. The van der Waals surface area contributed by atoms with Gasteiger partial charge in [0.05, 0.1) is 40.0 Å². The van der Waals surface area contributed by atoms with Crippen LogP contribution in [-0.4, -0.2) is 108 Å². The SMILES string of the molecule is O=C1NCCc2[nH]ncc21.O=C1NCCc2nn(C(c3ccccc3)(c3ccccc3)c3ccccc3)cc21.O=C1c2cn(C(c3ccccc3)(c3ccccc3)c3ccccc3)nc2CCN1CCN1CCC(c2noc3ccccc23)CC1. The van der Waals surface area contributed by atoms with Crippen LogP contribution in [-0.2, 0) is 30.3 Å². The summed E-state index contributed by atoms with van der Waals surface area (Å²) in [6, 6.07) is 70.7. The molecule has 8 heterocycles. The second kappa shape index (κ2) is 24.1. The van der Waals surface area contributed by atoms with Gasteiger partial charge in [0.2, 0.25) is 0 Å². The Bertz CT molecular complexity index is 3870. The zero-order valence-electron chi connectivity index (χ0n) is 47.1. The van der Waals surface area contributed by atoms with Gasteiger partial charge in [-0.1, -0.05) is 199 Å². The maximum Gasteiger partial charge on any atom is 0.257 e. The molecular formula is C70H65N11O4. The first kappa shape index (κ1) is 54.3. The third-order valence-corrected chi connectivity index (χ3v) is 17.1. The van der Waals surface area contributed by atoms with E-state index in [-0.39, 0.29) is 17.7 Å². The highest BCUT2D eigenvalue weighted by Crippen LogP contribution is 2.43. The van der Waals surface area contributed by atoms with Crippen molar-refractivity contribution in [3.05, 3.63) is 298 Å². The summed E-state index contributed by atoms with van der Waals surface area (Å²) in [6.07, 6.45) is 9.88. The van der Waals surface area contributed by atoms with Crippen molar-refractivity contribution in [2.75, 3.05) is 45.8 Å². The first-order chi connectivity index (χ1) is 41.9. The van der Waals surface area contributed by atoms with Crippen LogP contribution in [0.4, 0.5) is 0 Å². The predicted molar refractivity (Wildman–Crippen MR) is 326 cm³/mol. The number of para-hydroxylation sites is 1. The summed E-state index contributed by atoms with van der Waals surface area (Å²) in [5.41, 5.74) is 11.8. The Labute approximate surface area is 493 Å². The fourth-order valence-corrected chi connectivity index (χ4v) is 12.9. The normalized spacial score (nSPS) is 15.3. The second-order valence-corrected chi connectivity index (χ2v) is 22.0. The molecule has 85 heavy (non-hydrogen) atoms. The summed E-state index contributed by atoms with van der Waals surface area (Å²) < 4.78 is 9.59. The molecule has 7 aromatic carbocycles. The van der Waals surface area contributed by atoms with E-state index in [0.717, 1.165) is 119 Å². The Morgan fingerprint density at radius 1 is 0.482 bits per heavy atom. The lowest BCUT2D eigenvalue weighted by Crippen LogP contribution is -2.44. The number of nitrogens with one attached hydrogen (secondary N) is 3. The molecule has 0 atom stereocenters. The van der Waals surface area contributed by atoms with Gasteiger partial charge in [-0.2, -0.15) is 15.3 Å². The van der Waals surface area contributed by atoms with Gasteiger partial charge in [-0.15, -0.1) is 0 Å². The van der Waals surface area contributed by atoms with Crippen molar-refractivity contribution in [3.8, 4) is 0 Å². The maximum atomic E-state index is 14.0. The summed E-state index contributed by atoms with van der Waals surface area (Å²) in [6.45, 7) is 5.58. The molecule has 15 rings (SSSR count). The topological polar surface area (TPSA) is 172 Å². The summed E-state index contributed by atoms with van der Waals surface area (Å²) in [4.78, 5) is 42.0. The molecule has 0 radical (unpaired) electrons. The maximum absolute atomic E-state index is 14.0. The molecule has 0 unspecified atom stereocenters. The lowest BCUT2D eigenvalue weighted by Gasteiger charge is -2.36. The number of hydrogen-bond donors (Lipinski definition) is 3. The quantitative estimate of drug-likeness (QED) is 0.101. The van der Waals surface area contributed by atoms with Crippen molar-refractivity contribution in [2.24, 2.45) is 0 Å². The number of piperidine rings is 1. The van der Waals surface area contributed by atoms with Crippen LogP contribution in [0.5, 0.6) is 0 Å². The molecule has 15 heteroatoms. The second-order valence-electron chi connectivity index (χ2n) is 22.0. The number of amides is 3. The lowest BCUT2D eigenvalue weighted by molar-refractivity contribution is 0.0709. The molecule has 3 N–H and O–H groups in total. The first-order valence-corrected chi connectivity index (χ1v) is 29.4. The minimum absolute atomic E-state index is 0.0185. The zero-order valence-corrected chi connectivity index (χ0v) is 47.1. The minimum Gasteiger partial charge on any atom is -0.356 e. The summed E-state index contributed by atoms with van der Waals surface area (Å²) in [5.74, 6) is 0.402. The fourth-order valence-electron chi connectivity index (χ4n) is 12.9. The molecule has 0 saturated carbocycles. The molecule has 15 nitrogen and oxygen atoms in total. The number of fused-ring (bicyclic) bond motifs is 4.